The third kappa shape index (κ3) is 8.52. The van der Waals surface area contributed by atoms with E-state index in [-0.39, 0.29) is 32.5 Å². The van der Waals surface area contributed by atoms with Crippen LogP contribution in [0.5, 0.6) is 0 Å². The molecule has 7 heteroatoms. The molecular formula is C12H22O7. The van der Waals surface area contributed by atoms with Gasteiger partial charge in [0.25, 0.3) is 0 Å². The van der Waals surface area contributed by atoms with Crippen molar-refractivity contribution < 1.29 is 34.8 Å². The standard InChI is InChI=1S/C12H22O7/c1-11(18,7-9(14)15)4-6-19-12(2,3-5-13)8-10(16)17/h13,18H,3-8H2,1-2H3,(H,14,15)(H,16,17)/t11?,12-/m1/s1. The van der Waals surface area contributed by atoms with Crippen molar-refractivity contribution in [3.63, 3.8) is 0 Å². The van der Waals surface area contributed by atoms with Crippen molar-refractivity contribution in [1.82, 2.24) is 0 Å². The van der Waals surface area contributed by atoms with Crippen LogP contribution in [0.25, 0.3) is 0 Å². The van der Waals surface area contributed by atoms with E-state index < -0.39 is 29.6 Å². The third-order valence-corrected chi connectivity index (χ3v) is 2.79. The molecule has 0 saturated heterocycles. The summed E-state index contributed by atoms with van der Waals surface area (Å²) < 4.78 is 5.40. The zero-order chi connectivity index (χ0) is 15.1. The minimum atomic E-state index is -1.41. The number of hydrogen-bond acceptors (Lipinski definition) is 5. The second kappa shape index (κ2) is 7.42. The summed E-state index contributed by atoms with van der Waals surface area (Å²) in [5, 5.41) is 36.0. The van der Waals surface area contributed by atoms with Crippen molar-refractivity contribution in [2.75, 3.05) is 13.2 Å². The molecule has 112 valence electrons. The van der Waals surface area contributed by atoms with E-state index in [9.17, 15) is 14.7 Å². The lowest BCUT2D eigenvalue weighted by molar-refractivity contribution is -0.147. The second-order valence-corrected chi connectivity index (χ2v) is 5.16. The number of carboxylic acids is 2. The number of hydrogen-bond donors (Lipinski definition) is 4. The van der Waals surface area contributed by atoms with Crippen molar-refractivity contribution in [3.05, 3.63) is 0 Å². The average molecular weight is 278 g/mol. The summed E-state index contributed by atoms with van der Waals surface area (Å²) in [6.45, 7) is 2.74. The molecule has 0 aromatic rings. The summed E-state index contributed by atoms with van der Waals surface area (Å²) in [4.78, 5) is 21.2. The van der Waals surface area contributed by atoms with Gasteiger partial charge in [-0.15, -0.1) is 0 Å². The summed E-state index contributed by atoms with van der Waals surface area (Å²) in [6.07, 6.45) is -0.457. The minimum Gasteiger partial charge on any atom is -0.481 e. The third-order valence-electron chi connectivity index (χ3n) is 2.79. The summed E-state index contributed by atoms with van der Waals surface area (Å²) in [5.74, 6) is -2.16. The van der Waals surface area contributed by atoms with Crippen LogP contribution in [0.15, 0.2) is 0 Å². The van der Waals surface area contributed by atoms with Crippen LogP contribution in [-0.4, -0.2) is 56.8 Å². The first kappa shape index (κ1) is 17.8. The van der Waals surface area contributed by atoms with Crippen molar-refractivity contribution in [2.24, 2.45) is 0 Å². The second-order valence-electron chi connectivity index (χ2n) is 5.16. The lowest BCUT2D eigenvalue weighted by Crippen LogP contribution is -2.36. The molecule has 0 amide bonds. The fraction of sp³-hybridized carbons (Fsp3) is 0.833. The molecule has 0 bridgehead atoms. The number of carbonyl (C=O) groups is 2. The fourth-order valence-corrected chi connectivity index (χ4v) is 1.70. The topological polar surface area (TPSA) is 124 Å². The van der Waals surface area contributed by atoms with E-state index in [4.69, 9.17) is 20.1 Å². The molecule has 1 unspecified atom stereocenters. The Kier molecular flexibility index (Phi) is 6.96. The molecule has 0 rings (SSSR count). The van der Waals surface area contributed by atoms with E-state index in [1.165, 1.54) is 6.92 Å². The zero-order valence-electron chi connectivity index (χ0n) is 11.3. The molecule has 0 radical (unpaired) electrons. The molecule has 4 N–H and O–H groups in total. The average Bonchev–Trinajstić information content (AvgIpc) is 2.12. The van der Waals surface area contributed by atoms with Gasteiger partial charge in [-0.3, -0.25) is 9.59 Å². The molecule has 0 heterocycles. The van der Waals surface area contributed by atoms with Gasteiger partial charge in [-0.2, -0.15) is 0 Å². The number of aliphatic hydroxyl groups is 2. The maximum Gasteiger partial charge on any atom is 0.306 e. The smallest absolute Gasteiger partial charge is 0.306 e. The van der Waals surface area contributed by atoms with Crippen molar-refractivity contribution in [3.8, 4) is 0 Å². The normalized spacial score (nSPS) is 17.5. The number of aliphatic carboxylic acids is 2. The molecule has 0 saturated carbocycles. The Hall–Kier alpha value is -1.18. The van der Waals surface area contributed by atoms with Gasteiger partial charge < -0.3 is 25.2 Å². The van der Waals surface area contributed by atoms with Crippen molar-refractivity contribution >= 4 is 11.9 Å². The summed E-state index contributed by atoms with van der Waals surface area (Å²) in [5.41, 5.74) is -2.44. The van der Waals surface area contributed by atoms with E-state index in [1.54, 1.807) is 6.92 Å². The van der Waals surface area contributed by atoms with E-state index >= 15 is 0 Å². The summed E-state index contributed by atoms with van der Waals surface area (Å²) in [7, 11) is 0. The molecule has 19 heavy (non-hydrogen) atoms. The highest BCUT2D eigenvalue weighted by Gasteiger charge is 2.30. The van der Waals surface area contributed by atoms with Crippen LogP contribution >= 0.6 is 0 Å². The van der Waals surface area contributed by atoms with Crippen molar-refractivity contribution in [1.29, 1.82) is 0 Å². The summed E-state index contributed by atoms with van der Waals surface area (Å²) >= 11 is 0. The maximum atomic E-state index is 10.7. The van der Waals surface area contributed by atoms with Crippen LogP contribution in [0, 0.1) is 0 Å². The van der Waals surface area contributed by atoms with E-state index in [0.717, 1.165) is 0 Å². The molecule has 0 fully saturated rings. The SMILES string of the molecule is CC(O)(CCO[C@](C)(CCO)CC(=O)O)CC(=O)O. The van der Waals surface area contributed by atoms with Gasteiger partial charge in [-0.1, -0.05) is 0 Å². The lowest BCUT2D eigenvalue weighted by Gasteiger charge is -2.29. The molecule has 0 spiro atoms. The largest absolute Gasteiger partial charge is 0.481 e. The fourth-order valence-electron chi connectivity index (χ4n) is 1.70. The van der Waals surface area contributed by atoms with Gasteiger partial charge in [-0.05, 0) is 26.7 Å². The Morgan fingerprint density at radius 3 is 2.00 bits per heavy atom. The Balaban J connectivity index is 4.33. The van der Waals surface area contributed by atoms with Gasteiger partial charge in [-0.25, -0.2) is 0 Å². The number of aliphatic hydroxyl groups excluding tert-OH is 1. The van der Waals surface area contributed by atoms with Gasteiger partial charge in [0, 0.05) is 6.61 Å². The van der Waals surface area contributed by atoms with Gasteiger partial charge >= 0.3 is 11.9 Å². The Morgan fingerprint density at radius 2 is 1.58 bits per heavy atom. The van der Waals surface area contributed by atoms with E-state index in [0.29, 0.717) is 0 Å². The van der Waals surface area contributed by atoms with E-state index in [2.05, 4.69) is 0 Å². The molecular weight excluding hydrogens is 256 g/mol. The van der Waals surface area contributed by atoms with Crippen LogP contribution in [-0.2, 0) is 14.3 Å². The van der Waals surface area contributed by atoms with Gasteiger partial charge in [0.1, 0.15) is 0 Å². The quantitative estimate of drug-likeness (QED) is 0.451. The van der Waals surface area contributed by atoms with E-state index in [1.807, 2.05) is 0 Å². The van der Waals surface area contributed by atoms with Crippen molar-refractivity contribution in [2.45, 2.75) is 50.7 Å². The summed E-state index contributed by atoms with van der Waals surface area (Å²) in [6, 6.07) is 0. The first-order valence-corrected chi connectivity index (χ1v) is 6.01. The highest BCUT2D eigenvalue weighted by Crippen LogP contribution is 2.22. The van der Waals surface area contributed by atoms with Crippen LogP contribution in [0.3, 0.4) is 0 Å². The molecule has 0 aromatic carbocycles. The predicted molar refractivity (Wildman–Crippen MR) is 65.8 cm³/mol. The molecule has 2 atom stereocenters. The monoisotopic (exact) mass is 278 g/mol. The van der Waals surface area contributed by atoms with Crippen LogP contribution in [0.1, 0.15) is 39.5 Å². The number of carboxylic acid groups (broad SMARTS) is 2. The Labute approximate surface area is 111 Å². The van der Waals surface area contributed by atoms with Crippen LogP contribution in [0.4, 0.5) is 0 Å². The number of rotatable bonds is 10. The maximum absolute atomic E-state index is 10.7. The Bertz CT molecular complexity index is 313. The zero-order valence-corrected chi connectivity index (χ0v) is 11.3. The minimum absolute atomic E-state index is 0.0179. The first-order chi connectivity index (χ1) is 8.60. The highest BCUT2D eigenvalue weighted by molar-refractivity contribution is 5.68. The molecule has 0 aliphatic rings. The predicted octanol–water partition coefficient (Wildman–Crippen LogP) is 0.235. The number of ether oxygens (including phenoxy) is 1. The molecule has 7 nitrogen and oxygen atoms in total. The van der Waals surface area contributed by atoms with Gasteiger partial charge in [0.2, 0.25) is 0 Å². The van der Waals surface area contributed by atoms with Crippen LogP contribution < -0.4 is 0 Å². The first-order valence-electron chi connectivity index (χ1n) is 6.01. The highest BCUT2D eigenvalue weighted by atomic mass is 16.5. The van der Waals surface area contributed by atoms with Gasteiger partial charge in [0.05, 0.1) is 30.7 Å². The lowest BCUT2D eigenvalue weighted by atomic mass is 9.96. The van der Waals surface area contributed by atoms with Crippen LogP contribution in [0.2, 0.25) is 0 Å². The molecule has 0 aliphatic heterocycles. The molecule has 0 aromatic heterocycles. The molecule has 0 aliphatic carbocycles. The Morgan fingerprint density at radius 1 is 1.05 bits per heavy atom. The van der Waals surface area contributed by atoms with Gasteiger partial charge in [0.15, 0.2) is 0 Å².